The molecule has 1 atom stereocenters. The molecule has 1 unspecified atom stereocenters. The van der Waals surface area contributed by atoms with E-state index in [2.05, 4.69) is 42.5 Å². The van der Waals surface area contributed by atoms with Gasteiger partial charge in [0.05, 0.1) is 6.04 Å². The second-order valence-electron chi connectivity index (χ2n) is 8.59. The Morgan fingerprint density at radius 3 is 2.47 bits per heavy atom. The summed E-state index contributed by atoms with van der Waals surface area (Å²) in [5.74, 6) is -0.621. The molecule has 2 N–H and O–H groups in total. The van der Waals surface area contributed by atoms with Crippen molar-refractivity contribution in [2.75, 3.05) is 13.7 Å². The number of rotatable bonds is 14. The summed E-state index contributed by atoms with van der Waals surface area (Å²) in [6.07, 6.45) is 16.3. The number of aryl methyl sites for hydroxylation is 2. The zero-order valence-electron chi connectivity index (χ0n) is 20.3. The molecule has 1 fully saturated rings. The lowest BCUT2D eigenvalue weighted by molar-refractivity contribution is -0.128. The second kappa shape index (κ2) is 16.2. The number of benzene rings is 1. The van der Waals surface area contributed by atoms with Crippen LogP contribution in [0.4, 0.5) is 0 Å². The van der Waals surface area contributed by atoms with E-state index in [1.807, 2.05) is 11.0 Å². The summed E-state index contributed by atoms with van der Waals surface area (Å²) in [6.45, 7) is 0.746. The molecule has 3 rings (SSSR count). The highest BCUT2D eigenvalue weighted by atomic mass is 32.1. The monoisotopic (exact) mass is 485 g/mol. The Morgan fingerprint density at radius 1 is 1.00 bits per heavy atom. The molecule has 1 amide bonds. The molecule has 1 saturated heterocycles. The smallest absolute Gasteiger partial charge is 0.345 e. The van der Waals surface area contributed by atoms with Gasteiger partial charge in [-0.25, -0.2) is 4.79 Å². The molecule has 0 saturated carbocycles. The number of likely N-dealkylation sites (tertiary alicyclic amines) is 1. The van der Waals surface area contributed by atoms with Gasteiger partial charge in [0, 0.05) is 25.0 Å². The van der Waals surface area contributed by atoms with Crippen LogP contribution in [0, 0.1) is 0 Å². The van der Waals surface area contributed by atoms with Gasteiger partial charge in [0.15, 0.2) is 0 Å². The number of unbranched alkanes of at least 4 members (excludes halogenated alkanes) is 5. The van der Waals surface area contributed by atoms with E-state index in [9.17, 15) is 9.59 Å². The first kappa shape index (κ1) is 27.8. The van der Waals surface area contributed by atoms with Crippen LogP contribution in [0.25, 0.3) is 0 Å². The predicted molar refractivity (Wildman–Crippen MR) is 139 cm³/mol. The summed E-state index contributed by atoms with van der Waals surface area (Å²) < 4.78 is 0. The van der Waals surface area contributed by atoms with E-state index < -0.39 is 5.97 Å². The fraction of sp³-hybridized carbons (Fsp3) is 0.500. The van der Waals surface area contributed by atoms with Crippen molar-refractivity contribution in [2.24, 2.45) is 0 Å². The zero-order valence-corrected chi connectivity index (χ0v) is 21.1. The van der Waals surface area contributed by atoms with Crippen molar-refractivity contribution >= 4 is 23.2 Å². The van der Waals surface area contributed by atoms with Gasteiger partial charge >= 0.3 is 5.97 Å². The van der Waals surface area contributed by atoms with Crippen LogP contribution in [0.2, 0.25) is 0 Å². The van der Waals surface area contributed by atoms with Gasteiger partial charge in [-0.1, -0.05) is 61.7 Å². The number of nitrogens with zero attached hydrogens (tertiary/aromatic N) is 1. The SMILES string of the molecule is CO.O=C(O)c1ccc(CCCN2C(=O)CCC2/C=C/CCCCCCCc2ccccc2)s1. The Labute approximate surface area is 208 Å². The average Bonchev–Trinajstić information content (AvgIpc) is 3.47. The fourth-order valence-corrected chi connectivity index (χ4v) is 5.21. The van der Waals surface area contributed by atoms with Crippen LogP contribution >= 0.6 is 11.3 Å². The molecule has 6 heteroatoms. The lowest BCUT2D eigenvalue weighted by Gasteiger charge is -2.22. The van der Waals surface area contributed by atoms with Crippen molar-refractivity contribution in [1.29, 1.82) is 0 Å². The summed E-state index contributed by atoms with van der Waals surface area (Å²) in [5.41, 5.74) is 1.44. The minimum atomic E-state index is -0.867. The predicted octanol–water partition coefficient (Wildman–Crippen LogP) is 6.12. The summed E-state index contributed by atoms with van der Waals surface area (Å²) in [5, 5.41) is 16.0. The molecule has 1 aromatic heterocycles. The number of amides is 1. The van der Waals surface area contributed by atoms with Gasteiger partial charge in [0.1, 0.15) is 4.88 Å². The van der Waals surface area contributed by atoms with Gasteiger partial charge in [-0.3, -0.25) is 4.79 Å². The van der Waals surface area contributed by atoms with Crippen LogP contribution in [-0.2, 0) is 17.6 Å². The van der Waals surface area contributed by atoms with Crippen molar-refractivity contribution in [3.05, 3.63) is 69.9 Å². The van der Waals surface area contributed by atoms with Crippen LogP contribution in [0.1, 0.15) is 77.9 Å². The second-order valence-corrected chi connectivity index (χ2v) is 9.76. The molecule has 186 valence electrons. The van der Waals surface area contributed by atoms with Crippen LogP contribution in [0.5, 0.6) is 0 Å². The van der Waals surface area contributed by atoms with Crippen LogP contribution in [0.15, 0.2) is 54.6 Å². The van der Waals surface area contributed by atoms with Gasteiger partial charge in [-0.15, -0.1) is 11.3 Å². The number of carboxylic acid groups (broad SMARTS) is 1. The Morgan fingerprint density at radius 2 is 1.74 bits per heavy atom. The molecule has 2 aromatic rings. The minimum Gasteiger partial charge on any atom is -0.477 e. The van der Waals surface area contributed by atoms with E-state index in [0.717, 1.165) is 44.2 Å². The van der Waals surface area contributed by atoms with Crippen LogP contribution in [-0.4, -0.2) is 46.7 Å². The van der Waals surface area contributed by atoms with E-state index in [1.165, 1.54) is 55.4 Å². The summed E-state index contributed by atoms with van der Waals surface area (Å²) >= 11 is 1.33. The molecule has 2 heterocycles. The Hall–Kier alpha value is -2.44. The Kier molecular flexibility index (Phi) is 13.3. The summed E-state index contributed by atoms with van der Waals surface area (Å²) in [4.78, 5) is 26.7. The highest BCUT2D eigenvalue weighted by Crippen LogP contribution is 2.23. The normalized spacial score (nSPS) is 15.5. The van der Waals surface area contributed by atoms with Crippen molar-refractivity contribution in [3.8, 4) is 0 Å². The first-order chi connectivity index (χ1) is 16.6. The Bertz CT molecular complexity index is 878. The molecule has 1 aliphatic rings. The van der Waals surface area contributed by atoms with Gasteiger partial charge in [-0.05, 0) is 62.6 Å². The highest BCUT2D eigenvalue weighted by molar-refractivity contribution is 7.13. The molecular formula is C28H39NO4S. The number of aliphatic hydroxyl groups is 1. The number of hydrogen-bond acceptors (Lipinski definition) is 4. The third kappa shape index (κ3) is 9.82. The van der Waals surface area contributed by atoms with Gasteiger partial charge in [-0.2, -0.15) is 0 Å². The van der Waals surface area contributed by atoms with Gasteiger partial charge in [0.25, 0.3) is 0 Å². The number of carbonyl (C=O) groups excluding carboxylic acids is 1. The topological polar surface area (TPSA) is 77.8 Å². The number of carboxylic acids is 1. The largest absolute Gasteiger partial charge is 0.477 e. The lowest BCUT2D eigenvalue weighted by Crippen LogP contribution is -2.32. The van der Waals surface area contributed by atoms with Crippen molar-refractivity contribution in [1.82, 2.24) is 4.90 Å². The number of aromatic carboxylic acids is 1. The number of carbonyl (C=O) groups is 2. The molecule has 0 radical (unpaired) electrons. The molecule has 1 aliphatic heterocycles. The number of hydrogen-bond donors (Lipinski definition) is 2. The quantitative estimate of drug-likeness (QED) is 0.250. The molecule has 34 heavy (non-hydrogen) atoms. The van der Waals surface area contributed by atoms with E-state index in [0.29, 0.717) is 11.3 Å². The van der Waals surface area contributed by atoms with E-state index in [1.54, 1.807) is 6.07 Å². The van der Waals surface area contributed by atoms with E-state index in [4.69, 9.17) is 10.2 Å². The standard InChI is InChI=1S/C27H35NO3S.CH4O/c29-26-20-17-23(28(26)21-11-16-24-18-19-25(32-24)27(30)31)15-10-5-3-1-2-4-7-12-22-13-8-6-9-14-22;1-2/h6,8-10,13-15,18-19,23H,1-5,7,11-12,16-17,20-21H2,(H,30,31);2H,1H3/b15-10+;. The summed E-state index contributed by atoms with van der Waals surface area (Å²) in [6, 6.07) is 14.5. The maximum absolute atomic E-state index is 12.3. The third-order valence-electron chi connectivity index (χ3n) is 6.11. The van der Waals surface area contributed by atoms with Crippen molar-refractivity contribution < 1.29 is 19.8 Å². The minimum absolute atomic E-state index is 0.228. The van der Waals surface area contributed by atoms with Gasteiger partial charge in [0.2, 0.25) is 5.91 Å². The zero-order chi connectivity index (χ0) is 24.6. The first-order valence-corrected chi connectivity index (χ1v) is 13.2. The average molecular weight is 486 g/mol. The lowest BCUT2D eigenvalue weighted by atomic mass is 10.0. The number of allylic oxidation sites excluding steroid dienone is 1. The molecule has 1 aromatic carbocycles. The molecule has 0 spiro atoms. The van der Waals surface area contributed by atoms with Crippen LogP contribution in [0.3, 0.4) is 0 Å². The maximum atomic E-state index is 12.3. The molecule has 5 nitrogen and oxygen atoms in total. The van der Waals surface area contributed by atoms with E-state index in [-0.39, 0.29) is 11.9 Å². The number of thiophene rings is 1. The van der Waals surface area contributed by atoms with Gasteiger partial charge < -0.3 is 15.1 Å². The summed E-state index contributed by atoms with van der Waals surface area (Å²) in [7, 11) is 1.00. The van der Waals surface area contributed by atoms with Crippen LogP contribution < -0.4 is 0 Å². The molecule has 0 bridgehead atoms. The Balaban J connectivity index is 0.00000199. The first-order valence-electron chi connectivity index (χ1n) is 12.4. The highest BCUT2D eigenvalue weighted by Gasteiger charge is 2.28. The van der Waals surface area contributed by atoms with E-state index >= 15 is 0 Å². The van der Waals surface area contributed by atoms with Crippen molar-refractivity contribution in [3.63, 3.8) is 0 Å². The number of aliphatic hydroxyl groups excluding tert-OH is 1. The van der Waals surface area contributed by atoms with Crippen molar-refractivity contribution in [2.45, 2.75) is 76.7 Å². The maximum Gasteiger partial charge on any atom is 0.345 e. The third-order valence-corrected chi connectivity index (χ3v) is 7.24. The molecular weight excluding hydrogens is 446 g/mol. The molecule has 0 aliphatic carbocycles. The fourth-order valence-electron chi connectivity index (χ4n) is 4.32.